The second-order valence-corrected chi connectivity index (χ2v) is 5.24. The van der Waals surface area contributed by atoms with Crippen LogP contribution in [0.1, 0.15) is 46.0 Å². The molecule has 0 aliphatic carbocycles. The third-order valence-electron chi connectivity index (χ3n) is 3.70. The molecule has 4 nitrogen and oxygen atoms in total. The van der Waals surface area contributed by atoms with E-state index in [0.29, 0.717) is 19.1 Å². The third-order valence-corrected chi connectivity index (χ3v) is 3.70. The zero-order chi connectivity index (χ0) is 13.4. The van der Waals surface area contributed by atoms with E-state index in [2.05, 4.69) is 18.7 Å². The summed E-state index contributed by atoms with van der Waals surface area (Å²) in [6, 6.07) is 0.410. The Hall–Kier alpha value is -0.610. The standard InChI is InChI=1S/C14H29N3O/c1-3-8-16(9-4-2)14(18)12-17-10-6-5-7-13(17)11-15/h13H,3-12,15H2,1-2H3. The van der Waals surface area contributed by atoms with E-state index in [1.807, 2.05) is 4.90 Å². The highest BCUT2D eigenvalue weighted by atomic mass is 16.2. The van der Waals surface area contributed by atoms with E-state index in [-0.39, 0.29) is 5.91 Å². The van der Waals surface area contributed by atoms with Gasteiger partial charge < -0.3 is 10.6 Å². The normalized spacial score (nSPS) is 20.9. The van der Waals surface area contributed by atoms with Crippen LogP contribution in [0.15, 0.2) is 0 Å². The van der Waals surface area contributed by atoms with E-state index in [4.69, 9.17) is 5.73 Å². The molecular weight excluding hydrogens is 226 g/mol. The molecule has 1 aliphatic heterocycles. The summed E-state index contributed by atoms with van der Waals surface area (Å²) in [6.07, 6.45) is 5.66. The molecule has 0 aromatic carbocycles. The maximum atomic E-state index is 12.3. The van der Waals surface area contributed by atoms with Crippen molar-refractivity contribution in [1.82, 2.24) is 9.80 Å². The first-order valence-electron chi connectivity index (χ1n) is 7.44. The zero-order valence-electron chi connectivity index (χ0n) is 12.0. The van der Waals surface area contributed by atoms with Crippen LogP contribution in [0.2, 0.25) is 0 Å². The number of likely N-dealkylation sites (tertiary alicyclic amines) is 1. The molecule has 1 saturated heterocycles. The van der Waals surface area contributed by atoms with Crippen molar-refractivity contribution in [3.8, 4) is 0 Å². The Balaban J connectivity index is 2.49. The molecule has 18 heavy (non-hydrogen) atoms. The molecule has 0 spiro atoms. The molecule has 1 atom stereocenters. The minimum absolute atomic E-state index is 0.277. The summed E-state index contributed by atoms with van der Waals surface area (Å²) in [5.41, 5.74) is 5.80. The van der Waals surface area contributed by atoms with Gasteiger partial charge in [-0.25, -0.2) is 0 Å². The lowest BCUT2D eigenvalue weighted by Crippen LogP contribution is -2.49. The monoisotopic (exact) mass is 255 g/mol. The molecule has 1 amide bonds. The van der Waals surface area contributed by atoms with Gasteiger partial charge in [-0.1, -0.05) is 20.3 Å². The first kappa shape index (κ1) is 15.4. The molecule has 1 unspecified atom stereocenters. The number of nitrogens with zero attached hydrogens (tertiary/aromatic N) is 2. The summed E-state index contributed by atoms with van der Waals surface area (Å²) in [6.45, 7) is 8.27. The average Bonchev–Trinajstić information content (AvgIpc) is 2.39. The molecule has 0 radical (unpaired) electrons. The van der Waals surface area contributed by atoms with Crippen molar-refractivity contribution in [2.45, 2.75) is 52.0 Å². The number of nitrogens with two attached hydrogens (primary N) is 1. The highest BCUT2D eigenvalue weighted by Gasteiger charge is 2.24. The topological polar surface area (TPSA) is 49.6 Å². The maximum absolute atomic E-state index is 12.3. The van der Waals surface area contributed by atoms with Crippen LogP contribution in [0.5, 0.6) is 0 Å². The van der Waals surface area contributed by atoms with E-state index in [1.54, 1.807) is 0 Å². The zero-order valence-corrected chi connectivity index (χ0v) is 12.0. The molecule has 1 fully saturated rings. The van der Waals surface area contributed by atoms with Gasteiger partial charge >= 0.3 is 0 Å². The first-order chi connectivity index (χ1) is 8.72. The second kappa shape index (κ2) is 8.48. The highest BCUT2D eigenvalue weighted by Crippen LogP contribution is 2.16. The van der Waals surface area contributed by atoms with Gasteiger partial charge in [0.1, 0.15) is 0 Å². The van der Waals surface area contributed by atoms with Crippen LogP contribution in [0, 0.1) is 0 Å². The third kappa shape index (κ3) is 4.58. The Morgan fingerprint density at radius 2 is 1.94 bits per heavy atom. The van der Waals surface area contributed by atoms with Gasteiger partial charge in [0.2, 0.25) is 5.91 Å². The largest absolute Gasteiger partial charge is 0.342 e. The molecule has 1 rings (SSSR count). The van der Waals surface area contributed by atoms with Crippen molar-refractivity contribution in [1.29, 1.82) is 0 Å². The van der Waals surface area contributed by atoms with E-state index >= 15 is 0 Å². The molecule has 0 saturated carbocycles. The van der Waals surface area contributed by atoms with Gasteiger partial charge in [-0.05, 0) is 32.2 Å². The summed E-state index contributed by atoms with van der Waals surface area (Å²) in [4.78, 5) is 16.6. The highest BCUT2D eigenvalue weighted by molar-refractivity contribution is 5.78. The van der Waals surface area contributed by atoms with Crippen LogP contribution >= 0.6 is 0 Å². The van der Waals surface area contributed by atoms with Gasteiger partial charge in [-0.15, -0.1) is 0 Å². The Kier molecular flexibility index (Phi) is 7.28. The lowest BCUT2D eigenvalue weighted by molar-refractivity contribution is -0.133. The van der Waals surface area contributed by atoms with Crippen molar-refractivity contribution in [2.24, 2.45) is 5.73 Å². The molecular formula is C14H29N3O. The van der Waals surface area contributed by atoms with Gasteiger partial charge in [0.15, 0.2) is 0 Å². The maximum Gasteiger partial charge on any atom is 0.236 e. The van der Waals surface area contributed by atoms with Crippen molar-refractivity contribution in [3.05, 3.63) is 0 Å². The molecule has 0 bridgehead atoms. The smallest absolute Gasteiger partial charge is 0.236 e. The fraction of sp³-hybridized carbons (Fsp3) is 0.929. The summed E-state index contributed by atoms with van der Waals surface area (Å²) in [5, 5.41) is 0. The predicted octanol–water partition coefficient (Wildman–Crippen LogP) is 1.45. The fourth-order valence-electron chi connectivity index (χ4n) is 2.71. The Morgan fingerprint density at radius 1 is 1.28 bits per heavy atom. The molecule has 1 heterocycles. The minimum Gasteiger partial charge on any atom is -0.342 e. The molecule has 4 heteroatoms. The SMILES string of the molecule is CCCN(CCC)C(=O)CN1CCCCC1CN. The van der Waals surface area contributed by atoms with Crippen LogP contribution in [-0.4, -0.2) is 54.5 Å². The van der Waals surface area contributed by atoms with Gasteiger partial charge in [0, 0.05) is 25.7 Å². The number of hydrogen-bond acceptors (Lipinski definition) is 3. The average molecular weight is 255 g/mol. The van der Waals surface area contributed by atoms with Crippen molar-refractivity contribution in [3.63, 3.8) is 0 Å². The molecule has 1 aliphatic rings. The number of carbonyl (C=O) groups is 1. The molecule has 0 aromatic rings. The van der Waals surface area contributed by atoms with Crippen LogP contribution in [0.3, 0.4) is 0 Å². The predicted molar refractivity (Wildman–Crippen MR) is 75.4 cm³/mol. The van der Waals surface area contributed by atoms with Crippen LogP contribution in [-0.2, 0) is 4.79 Å². The van der Waals surface area contributed by atoms with E-state index in [0.717, 1.165) is 38.9 Å². The quantitative estimate of drug-likeness (QED) is 0.749. The van der Waals surface area contributed by atoms with Crippen molar-refractivity contribution >= 4 is 5.91 Å². The number of rotatable bonds is 7. The van der Waals surface area contributed by atoms with Crippen molar-refractivity contribution < 1.29 is 4.79 Å². The Labute approximate surface area is 111 Å². The lowest BCUT2D eigenvalue weighted by Gasteiger charge is -2.35. The van der Waals surface area contributed by atoms with Crippen LogP contribution in [0.25, 0.3) is 0 Å². The van der Waals surface area contributed by atoms with Crippen LogP contribution < -0.4 is 5.73 Å². The van der Waals surface area contributed by atoms with E-state index < -0.39 is 0 Å². The van der Waals surface area contributed by atoms with Gasteiger partial charge in [-0.3, -0.25) is 9.69 Å². The minimum atomic E-state index is 0.277. The van der Waals surface area contributed by atoms with Crippen molar-refractivity contribution in [2.75, 3.05) is 32.7 Å². The summed E-state index contributed by atoms with van der Waals surface area (Å²) in [7, 11) is 0. The van der Waals surface area contributed by atoms with E-state index in [1.165, 1.54) is 12.8 Å². The van der Waals surface area contributed by atoms with Crippen LogP contribution in [0.4, 0.5) is 0 Å². The van der Waals surface area contributed by atoms with Gasteiger partial charge in [0.05, 0.1) is 6.54 Å². The molecule has 106 valence electrons. The number of amides is 1. The first-order valence-corrected chi connectivity index (χ1v) is 7.44. The summed E-state index contributed by atoms with van der Waals surface area (Å²) < 4.78 is 0. The van der Waals surface area contributed by atoms with Gasteiger partial charge in [0.25, 0.3) is 0 Å². The Bertz CT molecular complexity index is 239. The number of hydrogen-bond donors (Lipinski definition) is 1. The Morgan fingerprint density at radius 3 is 2.50 bits per heavy atom. The lowest BCUT2D eigenvalue weighted by atomic mass is 10.0. The summed E-state index contributed by atoms with van der Waals surface area (Å²) >= 11 is 0. The fourth-order valence-corrected chi connectivity index (χ4v) is 2.71. The number of carbonyl (C=O) groups excluding carboxylic acids is 1. The van der Waals surface area contributed by atoms with Gasteiger partial charge in [-0.2, -0.15) is 0 Å². The van der Waals surface area contributed by atoms with E-state index in [9.17, 15) is 4.79 Å². The molecule has 2 N–H and O–H groups in total. The summed E-state index contributed by atoms with van der Waals surface area (Å²) in [5.74, 6) is 0.277. The second-order valence-electron chi connectivity index (χ2n) is 5.24. The number of piperidine rings is 1. The molecule has 0 aromatic heterocycles.